The summed E-state index contributed by atoms with van der Waals surface area (Å²) in [5, 5.41) is 4.21. The van der Waals surface area contributed by atoms with E-state index in [1.54, 1.807) is 19.1 Å². The number of rotatable bonds is 2. The average Bonchev–Trinajstić information content (AvgIpc) is 2.33. The van der Waals surface area contributed by atoms with Gasteiger partial charge in [-0.05, 0) is 19.1 Å². The SMILES string of the molecule is CCOC(=O)NN1CNc2ccccc2C1=O. The van der Waals surface area contributed by atoms with Gasteiger partial charge in [0.15, 0.2) is 0 Å². The van der Waals surface area contributed by atoms with Gasteiger partial charge in [-0.1, -0.05) is 12.1 Å². The average molecular weight is 235 g/mol. The molecule has 17 heavy (non-hydrogen) atoms. The summed E-state index contributed by atoms with van der Waals surface area (Å²) < 4.78 is 4.71. The standard InChI is InChI=1S/C11H13N3O3/c1-2-17-11(16)13-14-7-12-9-6-4-3-5-8(9)10(14)15/h3-6,12H,2,7H2,1H3,(H,13,16). The number of carbonyl (C=O) groups is 2. The molecule has 0 atom stereocenters. The number of hydrazine groups is 1. The van der Waals surface area contributed by atoms with Crippen LogP contribution >= 0.6 is 0 Å². The van der Waals surface area contributed by atoms with Gasteiger partial charge in [0, 0.05) is 5.69 Å². The third kappa shape index (κ3) is 2.30. The van der Waals surface area contributed by atoms with E-state index in [1.807, 2.05) is 12.1 Å². The van der Waals surface area contributed by atoms with Crippen molar-refractivity contribution in [2.24, 2.45) is 0 Å². The van der Waals surface area contributed by atoms with Gasteiger partial charge in [-0.25, -0.2) is 15.2 Å². The molecule has 2 rings (SSSR count). The maximum absolute atomic E-state index is 12.0. The van der Waals surface area contributed by atoms with E-state index in [1.165, 1.54) is 5.01 Å². The first kappa shape index (κ1) is 11.3. The van der Waals surface area contributed by atoms with Crippen LogP contribution in [0.5, 0.6) is 0 Å². The summed E-state index contributed by atoms with van der Waals surface area (Å²) in [5.41, 5.74) is 3.66. The molecule has 2 amide bonds. The van der Waals surface area contributed by atoms with Crippen molar-refractivity contribution in [3.8, 4) is 0 Å². The molecule has 1 aliphatic rings. The molecule has 1 aliphatic heterocycles. The van der Waals surface area contributed by atoms with E-state index in [2.05, 4.69) is 10.7 Å². The van der Waals surface area contributed by atoms with E-state index >= 15 is 0 Å². The Hall–Kier alpha value is -2.24. The van der Waals surface area contributed by atoms with Crippen LogP contribution in [0.1, 0.15) is 17.3 Å². The number of anilines is 1. The topological polar surface area (TPSA) is 70.7 Å². The Kier molecular flexibility index (Phi) is 3.13. The Morgan fingerprint density at radius 1 is 1.53 bits per heavy atom. The zero-order valence-electron chi connectivity index (χ0n) is 9.40. The van der Waals surface area contributed by atoms with Crippen molar-refractivity contribution < 1.29 is 14.3 Å². The highest BCUT2D eigenvalue weighted by Gasteiger charge is 2.25. The largest absolute Gasteiger partial charge is 0.449 e. The normalized spacial score (nSPS) is 13.7. The van der Waals surface area contributed by atoms with E-state index in [0.29, 0.717) is 5.56 Å². The smallest absolute Gasteiger partial charge is 0.426 e. The number of ether oxygens (including phenoxy) is 1. The predicted octanol–water partition coefficient (Wildman–Crippen LogP) is 1.17. The fourth-order valence-electron chi connectivity index (χ4n) is 1.57. The van der Waals surface area contributed by atoms with Gasteiger partial charge in [-0.15, -0.1) is 0 Å². The van der Waals surface area contributed by atoms with Crippen LogP contribution in [0.25, 0.3) is 0 Å². The maximum Gasteiger partial charge on any atom is 0.426 e. The monoisotopic (exact) mass is 235 g/mol. The zero-order chi connectivity index (χ0) is 12.3. The van der Waals surface area contributed by atoms with Crippen LogP contribution in [0.15, 0.2) is 24.3 Å². The minimum Gasteiger partial charge on any atom is -0.449 e. The Bertz CT molecular complexity index is 447. The lowest BCUT2D eigenvalue weighted by Gasteiger charge is -2.29. The highest BCUT2D eigenvalue weighted by Crippen LogP contribution is 2.20. The van der Waals surface area contributed by atoms with Crippen molar-refractivity contribution in [3.63, 3.8) is 0 Å². The molecule has 0 saturated heterocycles. The number of nitrogens with zero attached hydrogens (tertiary/aromatic N) is 1. The lowest BCUT2D eigenvalue weighted by Crippen LogP contribution is -2.51. The van der Waals surface area contributed by atoms with Gasteiger partial charge >= 0.3 is 6.09 Å². The molecule has 0 unspecified atom stereocenters. The number of nitrogens with one attached hydrogen (secondary N) is 2. The Balaban J connectivity index is 2.10. The van der Waals surface area contributed by atoms with Crippen molar-refractivity contribution in [3.05, 3.63) is 29.8 Å². The molecule has 1 aromatic rings. The third-order valence-corrected chi connectivity index (χ3v) is 2.33. The fourth-order valence-corrected chi connectivity index (χ4v) is 1.57. The van der Waals surface area contributed by atoms with Gasteiger partial charge in [0.05, 0.1) is 12.2 Å². The van der Waals surface area contributed by atoms with Gasteiger partial charge in [-0.2, -0.15) is 0 Å². The van der Waals surface area contributed by atoms with Gasteiger partial charge < -0.3 is 10.1 Å². The number of hydrogen-bond acceptors (Lipinski definition) is 4. The summed E-state index contributed by atoms with van der Waals surface area (Å²) in [5.74, 6) is -0.257. The first-order valence-corrected chi connectivity index (χ1v) is 5.30. The fraction of sp³-hybridized carbons (Fsp3) is 0.273. The summed E-state index contributed by atoms with van der Waals surface area (Å²) >= 11 is 0. The summed E-state index contributed by atoms with van der Waals surface area (Å²) in [7, 11) is 0. The van der Waals surface area contributed by atoms with Crippen molar-refractivity contribution in [1.29, 1.82) is 0 Å². The number of amides is 2. The number of carbonyl (C=O) groups excluding carboxylic acids is 2. The van der Waals surface area contributed by atoms with Crippen LogP contribution < -0.4 is 10.7 Å². The van der Waals surface area contributed by atoms with Gasteiger partial charge in [0.1, 0.15) is 6.67 Å². The molecule has 0 fully saturated rings. The maximum atomic E-state index is 12.0. The molecule has 1 aromatic carbocycles. The first-order valence-electron chi connectivity index (χ1n) is 5.30. The highest BCUT2D eigenvalue weighted by molar-refractivity contribution is 6.01. The first-order chi connectivity index (χ1) is 8.22. The van der Waals surface area contributed by atoms with Crippen LogP contribution in [0.3, 0.4) is 0 Å². The Morgan fingerprint density at radius 3 is 3.06 bits per heavy atom. The molecule has 1 heterocycles. The minimum atomic E-state index is -0.637. The second-order valence-corrected chi connectivity index (χ2v) is 3.45. The summed E-state index contributed by atoms with van der Waals surface area (Å²) in [4.78, 5) is 23.2. The van der Waals surface area contributed by atoms with Crippen molar-refractivity contribution >= 4 is 17.7 Å². The molecule has 0 radical (unpaired) electrons. The number of benzene rings is 1. The highest BCUT2D eigenvalue weighted by atomic mass is 16.6. The van der Waals surface area contributed by atoms with Crippen LogP contribution in [-0.4, -0.2) is 30.3 Å². The predicted molar refractivity (Wildman–Crippen MR) is 61.3 cm³/mol. The molecular formula is C11H13N3O3. The number of hydrogen-bond donors (Lipinski definition) is 2. The molecule has 2 N–H and O–H groups in total. The van der Waals surface area contributed by atoms with Crippen molar-refractivity contribution in [2.45, 2.75) is 6.92 Å². The van der Waals surface area contributed by atoms with E-state index in [0.717, 1.165) is 5.69 Å². The quantitative estimate of drug-likeness (QED) is 0.807. The third-order valence-electron chi connectivity index (χ3n) is 2.33. The van der Waals surface area contributed by atoms with E-state index in [-0.39, 0.29) is 19.2 Å². The van der Waals surface area contributed by atoms with Crippen LogP contribution in [0.2, 0.25) is 0 Å². The van der Waals surface area contributed by atoms with Gasteiger partial charge in [0.2, 0.25) is 0 Å². The molecule has 0 aliphatic carbocycles. The molecule has 6 nitrogen and oxygen atoms in total. The Morgan fingerprint density at radius 2 is 2.29 bits per heavy atom. The summed E-state index contributed by atoms with van der Waals surface area (Å²) in [6.45, 7) is 2.18. The van der Waals surface area contributed by atoms with E-state index in [9.17, 15) is 9.59 Å². The van der Waals surface area contributed by atoms with E-state index < -0.39 is 6.09 Å². The molecule has 0 spiro atoms. The van der Waals surface area contributed by atoms with Crippen molar-refractivity contribution in [1.82, 2.24) is 10.4 Å². The van der Waals surface area contributed by atoms with E-state index in [4.69, 9.17) is 4.74 Å². The molecule has 0 bridgehead atoms. The minimum absolute atomic E-state index is 0.217. The molecule has 0 aromatic heterocycles. The van der Waals surface area contributed by atoms with Crippen LogP contribution in [-0.2, 0) is 4.74 Å². The number of para-hydroxylation sites is 1. The lowest BCUT2D eigenvalue weighted by atomic mass is 10.1. The molecular weight excluding hydrogens is 222 g/mol. The molecule has 6 heteroatoms. The van der Waals surface area contributed by atoms with Crippen LogP contribution in [0, 0.1) is 0 Å². The number of fused-ring (bicyclic) bond motifs is 1. The summed E-state index contributed by atoms with van der Waals surface area (Å²) in [6.07, 6.45) is -0.637. The second kappa shape index (κ2) is 4.73. The molecule has 90 valence electrons. The summed E-state index contributed by atoms with van der Waals surface area (Å²) in [6, 6.07) is 7.12. The van der Waals surface area contributed by atoms with Crippen molar-refractivity contribution in [2.75, 3.05) is 18.6 Å². The Labute approximate surface area is 98.5 Å². The zero-order valence-corrected chi connectivity index (χ0v) is 9.40. The van der Waals surface area contributed by atoms with Gasteiger partial charge in [-0.3, -0.25) is 4.79 Å². The van der Waals surface area contributed by atoms with Gasteiger partial charge in [0.25, 0.3) is 5.91 Å². The lowest BCUT2D eigenvalue weighted by molar-refractivity contribution is 0.0619. The second-order valence-electron chi connectivity index (χ2n) is 3.45. The van der Waals surface area contributed by atoms with Crippen LogP contribution in [0.4, 0.5) is 10.5 Å². The molecule has 0 saturated carbocycles.